The second kappa shape index (κ2) is 7.84. The van der Waals surface area contributed by atoms with E-state index < -0.39 is 24.5 Å². The third-order valence-corrected chi connectivity index (χ3v) is 4.39. The summed E-state index contributed by atoms with van der Waals surface area (Å²) in [4.78, 5) is 23.2. The fraction of sp³-hybridized carbons (Fsp3) is 0.562. The summed E-state index contributed by atoms with van der Waals surface area (Å²) in [5, 5.41) is 28.1. The number of esters is 1. The van der Waals surface area contributed by atoms with Crippen molar-refractivity contribution in [1.29, 1.82) is 5.41 Å². The van der Waals surface area contributed by atoms with E-state index in [1.807, 2.05) is 4.90 Å². The first kappa shape index (κ1) is 19.0. The number of piperidine rings is 1. The monoisotopic (exact) mass is 381 g/mol. The van der Waals surface area contributed by atoms with Crippen LogP contribution in [0.15, 0.2) is 17.9 Å². The van der Waals surface area contributed by atoms with Crippen LogP contribution in [0.2, 0.25) is 0 Å². The Hall–Kier alpha value is -2.79. The Bertz CT molecular complexity index is 788. The minimum atomic E-state index is -1.51. The van der Waals surface area contributed by atoms with Crippen molar-refractivity contribution in [3.63, 3.8) is 0 Å². The van der Waals surface area contributed by atoms with Crippen LogP contribution in [0.5, 0.6) is 0 Å². The predicted molar refractivity (Wildman–Crippen MR) is 92.1 cm³/mol. The van der Waals surface area contributed by atoms with Gasteiger partial charge in [0, 0.05) is 19.2 Å². The van der Waals surface area contributed by atoms with E-state index in [0.29, 0.717) is 5.82 Å². The van der Waals surface area contributed by atoms with Crippen LogP contribution in [0.3, 0.4) is 0 Å². The molecule has 1 unspecified atom stereocenters. The van der Waals surface area contributed by atoms with E-state index in [-0.39, 0.29) is 17.2 Å². The predicted octanol–water partition coefficient (Wildman–Crippen LogP) is -1.50. The Morgan fingerprint density at radius 1 is 1.37 bits per heavy atom. The molecule has 0 aliphatic carbocycles. The first-order valence-corrected chi connectivity index (χ1v) is 8.60. The first-order valence-electron chi connectivity index (χ1n) is 8.60. The normalized spacial score (nSPS) is 25.4. The van der Waals surface area contributed by atoms with Crippen LogP contribution >= 0.6 is 0 Å². The third-order valence-electron chi connectivity index (χ3n) is 4.39. The van der Waals surface area contributed by atoms with Gasteiger partial charge in [0.15, 0.2) is 6.10 Å². The molecule has 1 aromatic heterocycles. The number of rotatable bonds is 4. The minimum Gasteiger partial charge on any atom is -0.463 e. The summed E-state index contributed by atoms with van der Waals surface area (Å²) in [6.45, 7) is 1.67. The second-order valence-corrected chi connectivity index (χ2v) is 6.30. The van der Waals surface area contributed by atoms with Gasteiger partial charge in [0.25, 0.3) is 11.9 Å². The van der Waals surface area contributed by atoms with E-state index in [1.54, 1.807) is 6.07 Å². The summed E-state index contributed by atoms with van der Waals surface area (Å²) >= 11 is 0. The number of carbonyl (C=O) groups is 1. The SMILES string of the molecule is COC(=O)C1=C[C@H](O)C(O)[C@H](On2c(N)cc(N3CCCCC3)nc2=N)O1. The van der Waals surface area contributed by atoms with Gasteiger partial charge in [-0.25, -0.2) is 4.79 Å². The highest BCUT2D eigenvalue weighted by molar-refractivity contribution is 5.86. The number of anilines is 2. The Morgan fingerprint density at radius 2 is 2.07 bits per heavy atom. The van der Waals surface area contributed by atoms with Crippen LogP contribution < -0.4 is 21.1 Å². The van der Waals surface area contributed by atoms with E-state index >= 15 is 0 Å². The molecule has 0 bridgehead atoms. The molecule has 1 saturated heterocycles. The van der Waals surface area contributed by atoms with Crippen LogP contribution in [-0.2, 0) is 14.3 Å². The number of aromatic nitrogens is 2. The van der Waals surface area contributed by atoms with Gasteiger partial charge in [0.1, 0.15) is 17.7 Å². The molecule has 27 heavy (non-hydrogen) atoms. The van der Waals surface area contributed by atoms with Crippen molar-refractivity contribution in [2.24, 2.45) is 0 Å². The van der Waals surface area contributed by atoms with Crippen molar-refractivity contribution in [2.75, 3.05) is 30.8 Å². The molecule has 1 fully saturated rings. The van der Waals surface area contributed by atoms with Gasteiger partial charge in [-0.2, -0.15) is 4.98 Å². The van der Waals surface area contributed by atoms with Gasteiger partial charge in [-0.3, -0.25) is 5.41 Å². The zero-order valence-electron chi connectivity index (χ0n) is 14.9. The standard InChI is InChI=1S/C16H23N5O6/c1-25-14(24)10-7-9(22)13(23)15(26-10)27-21-11(17)8-12(19-16(21)18)20-5-3-2-4-6-20/h7-9,13,15,18,22-23H,2-6,17H2,1H3/t9-,13?,15-/m0/s1. The summed E-state index contributed by atoms with van der Waals surface area (Å²) in [6.07, 6.45) is -0.153. The topological polar surface area (TPSA) is 156 Å². The van der Waals surface area contributed by atoms with Crippen molar-refractivity contribution in [1.82, 2.24) is 9.71 Å². The van der Waals surface area contributed by atoms with E-state index in [2.05, 4.69) is 9.72 Å². The number of methoxy groups -OCH3 is 1. The highest BCUT2D eigenvalue weighted by Gasteiger charge is 2.37. The summed E-state index contributed by atoms with van der Waals surface area (Å²) < 4.78 is 10.6. The van der Waals surface area contributed by atoms with Gasteiger partial charge in [-0.05, 0) is 25.3 Å². The highest BCUT2D eigenvalue weighted by atomic mass is 16.8. The van der Waals surface area contributed by atoms with Gasteiger partial charge >= 0.3 is 5.97 Å². The van der Waals surface area contributed by atoms with Crippen molar-refractivity contribution in [3.05, 3.63) is 23.5 Å². The van der Waals surface area contributed by atoms with Crippen LogP contribution in [0.25, 0.3) is 0 Å². The summed E-state index contributed by atoms with van der Waals surface area (Å²) in [7, 11) is 1.15. The molecule has 11 heteroatoms. The molecular formula is C16H23N5O6. The lowest BCUT2D eigenvalue weighted by molar-refractivity contribution is -0.209. The van der Waals surface area contributed by atoms with Crippen LogP contribution in [0, 0.1) is 5.41 Å². The Morgan fingerprint density at radius 3 is 2.70 bits per heavy atom. The maximum absolute atomic E-state index is 11.6. The highest BCUT2D eigenvalue weighted by Crippen LogP contribution is 2.21. The number of aliphatic hydroxyl groups is 2. The Kier molecular flexibility index (Phi) is 5.51. The van der Waals surface area contributed by atoms with Gasteiger partial charge in [0.05, 0.1) is 7.11 Å². The van der Waals surface area contributed by atoms with Crippen molar-refractivity contribution in [2.45, 2.75) is 37.8 Å². The molecule has 0 amide bonds. The molecule has 11 nitrogen and oxygen atoms in total. The molecule has 0 aromatic carbocycles. The zero-order chi connectivity index (χ0) is 19.6. The molecule has 1 aromatic rings. The largest absolute Gasteiger partial charge is 0.463 e. The fourth-order valence-electron chi connectivity index (χ4n) is 2.95. The smallest absolute Gasteiger partial charge is 0.373 e. The number of nitrogens with two attached hydrogens (primary N) is 1. The molecule has 0 saturated carbocycles. The molecule has 5 N–H and O–H groups in total. The quantitative estimate of drug-likeness (QED) is 0.456. The van der Waals surface area contributed by atoms with E-state index in [0.717, 1.165) is 50.3 Å². The van der Waals surface area contributed by atoms with Crippen molar-refractivity contribution < 1.29 is 29.3 Å². The number of ether oxygens (including phenoxy) is 2. The number of aliphatic hydroxyl groups excluding tert-OH is 2. The van der Waals surface area contributed by atoms with Gasteiger partial charge in [-0.15, -0.1) is 4.73 Å². The summed E-state index contributed by atoms with van der Waals surface area (Å²) in [5.74, 6) is -0.520. The minimum absolute atomic E-state index is 0.0648. The maximum Gasteiger partial charge on any atom is 0.373 e. The number of carbonyl (C=O) groups excluding carboxylic acids is 1. The number of nitrogens with zero attached hydrogens (tertiary/aromatic N) is 3. The average Bonchev–Trinajstić information content (AvgIpc) is 2.67. The molecule has 0 spiro atoms. The molecule has 148 valence electrons. The molecule has 2 aliphatic heterocycles. The second-order valence-electron chi connectivity index (χ2n) is 6.30. The van der Waals surface area contributed by atoms with Crippen LogP contribution in [0.1, 0.15) is 19.3 Å². The lowest BCUT2D eigenvalue weighted by atomic mass is 10.1. The molecular weight excluding hydrogens is 358 g/mol. The molecule has 3 rings (SSSR count). The zero-order valence-corrected chi connectivity index (χ0v) is 14.9. The van der Waals surface area contributed by atoms with E-state index in [1.165, 1.54) is 0 Å². The lowest BCUT2D eigenvalue weighted by Gasteiger charge is -2.31. The lowest BCUT2D eigenvalue weighted by Crippen LogP contribution is -2.50. The van der Waals surface area contributed by atoms with Crippen molar-refractivity contribution >= 4 is 17.6 Å². The number of hydrogen-bond donors (Lipinski definition) is 4. The maximum atomic E-state index is 11.6. The number of nitrogens with one attached hydrogen (secondary N) is 1. The Labute approximate surface area is 155 Å². The first-order chi connectivity index (χ1) is 12.9. The van der Waals surface area contributed by atoms with E-state index in [9.17, 15) is 15.0 Å². The van der Waals surface area contributed by atoms with Gasteiger partial charge < -0.3 is 35.2 Å². The van der Waals surface area contributed by atoms with E-state index in [4.69, 9.17) is 20.7 Å². The molecule has 3 atom stereocenters. The third kappa shape index (κ3) is 3.98. The van der Waals surface area contributed by atoms with Gasteiger partial charge in [-0.1, -0.05) is 0 Å². The molecule has 0 radical (unpaired) electrons. The average molecular weight is 381 g/mol. The van der Waals surface area contributed by atoms with Gasteiger partial charge in [0.2, 0.25) is 5.76 Å². The summed E-state index contributed by atoms with van der Waals surface area (Å²) in [5.41, 5.74) is 5.68. The van der Waals surface area contributed by atoms with Crippen LogP contribution in [-0.4, -0.2) is 64.6 Å². The number of nitrogen functional groups attached to an aromatic ring is 1. The Balaban J connectivity index is 1.81. The van der Waals surface area contributed by atoms with Crippen LogP contribution in [0.4, 0.5) is 11.6 Å². The van der Waals surface area contributed by atoms with Crippen molar-refractivity contribution in [3.8, 4) is 0 Å². The fourth-order valence-corrected chi connectivity index (χ4v) is 2.95. The molecule has 2 aliphatic rings. The number of hydrogen-bond acceptors (Lipinski definition) is 10. The molecule has 3 heterocycles. The summed E-state index contributed by atoms with van der Waals surface area (Å²) in [6, 6.07) is 1.56.